The van der Waals surface area contributed by atoms with Crippen molar-refractivity contribution in [3.8, 4) is 28.6 Å². The van der Waals surface area contributed by atoms with Crippen molar-refractivity contribution in [3.63, 3.8) is 0 Å². The quantitative estimate of drug-likeness (QED) is 0.198. The Kier molecular flexibility index (Phi) is 12.5. The number of hydrogen-bond donors (Lipinski definition) is 3. The second-order valence-electron chi connectivity index (χ2n) is 18.1. The number of ether oxygens (including phenoxy) is 4. The number of pyridine rings is 1. The predicted molar refractivity (Wildman–Crippen MR) is 235 cm³/mol. The van der Waals surface area contributed by atoms with E-state index in [0.717, 1.165) is 6.42 Å². The Balaban J connectivity index is 0.00000308. The molecule has 0 bridgehead atoms. The molecular formula is C45H62FN5O10S. The van der Waals surface area contributed by atoms with E-state index in [9.17, 15) is 32.0 Å². The van der Waals surface area contributed by atoms with Crippen molar-refractivity contribution in [1.82, 2.24) is 25.2 Å². The van der Waals surface area contributed by atoms with Crippen molar-refractivity contribution in [2.75, 3.05) is 20.8 Å². The molecule has 7 atom stereocenters. The molecule has 3 aromatic rings. The predicted octanol–water partition coefficient (Wildman–Crippen LogP) is 6.53. The highest BCUT2D eigenvalue weighted by atomic mass is 32.2. The summed E-state index contributed by atoms with van der Waals surface area (Å²) in [5.41, 5.74) is -1.63. The molecule has 2 aromatic carbocycles. The van der Waals surface area contributed by atoms with E-state index in [1.54, 1.807) is 51.1 Å². The maximum atomic E-state index is 15.0. The van der Waals surface area contributed by atoms with E-state index >= 15 is 0 Å². The number of nitrogens with zero attached hydrogens (tertiary/aromatic N) is 2. The van der Waals surface area contributed by atoms with Crippen molar-refractivity contribution in [2.45, 2.75) is 114 Å². The zero-order valence-corrected chi connectivity index (χ0v) is 37.0. The lowest BCUT2D eigenvalue weighted by Crippen LogP contribution is -2.59. The third-order valence-corrected chi connectivity index (χ3v) is 13.8. The van der Waals surface area contributed by atoms with E-state index in [1.807, 2.05) is 19.1 Å². The molecule has 340 valence electrons. The molecule has 0 unspecified atom stereocenters. The van der Waals surface area contributed by atoms with Gasteiger partial charge >= 0.3 is 6.09 Å². The van der Waals surface area contributed by atoms with Gasteiger partial charge in [-0.2, -0.15) is 0 Å². The fourth-order valence-corrected chi connectivity index (χ4v) is 9.85. The van der Waals surface area contributed by atoms with Crippen molar-refractivity contribution in [2.24, 2.45) is 17.8 Å². The molecule has 0 spiro atoms. The first-order valence-electron chi connectivity index (χ1n) is 21.1. The lowest BCUT2D eigenvalue weighted by molar-refractivity contribution is -0.142. The maximum absolute atomic E-state index is 15.0. The summed E-state index contributed by atoms with van der Waals surface area (Å²) in [4.78, 5) is 63.1. The third kappa shape index (κ3) is 9.77. The largest absolute Gasteiger partial charge is 0.497 e. The molecular weight excluding hydrogens is 822 g/mol. The number of carbonyl (C=O) groups is 4. The van der Waals surface area contributed by atoms with Crippen LogP contribution >= 0.6 is 0 Å². The zero-order chi connectivity index (χ0) is 44.7. The maximum Gasteiger partial charge on any atom is 0.408 e. The number of sulfonamides is 1. The van der Waals surface area contributed by atoms with E-state index < -0.39 is 86.1 Å². The number of fused-ring (bicyclic) bond motifs is 3. The lowest BCUT2D eigenvalue weighted by Gasteiger charge is -2.33. The Morgan fingerprint density at radius 3 is 2.45 bits per heavy atom. The molecule has 2 aliphatic carbocycles. The van der Waals surface area contributed by atoms with Crippen LogP contribution in [0.3, 0.4) is 0 Å². The first kappa shape index (κ1) is 44.6. The second-order valence-corrected chi connectivity index (χ2v) is 20.1. The Morgan fingerprint density at radius 2 is 1.77 bits per heavy atom. The first-order chi connectivity index (χ1) is 29.3. The van der Waals surface area contributed by atoms with Crippen LogP contribution in [0.25, 0.3) is 22.0 Å². The normalized spacial score (nSPS) is 27.4. The zero-order valence-electron chi connectivity index (χ0n) is 36.2. The highest BCUT2D eigenvalue weighted by molar-refractivity contribution is 7.91. The number of benzene rings is 2. The summed E-state index contributed by atoms with van der Waals surface area (Å²) in [6.07, 6.45) is 5.08. The molecule has 3 fully saturated rings. The highest BCUT2D eigenvalue weighted by Crippen LogP contribution is 2.46. The molecule has 0 radical (unpaired) electrons. The molecule has 3 N–H and O–H groups in total. The van der Waals surface area contributed by atoms with Crippen molar-refractivity contribution in [3.05, 3.63) is 60.4 Å². The molecule has 2 saturated carbocycles. The van der Waals surface area contributed by atoms with Gasteiger partial charge in [-0.25, -0.2) is 22.6 Å². The number of carbonyl (C=O) groups excluding carboxylic acids is 4. The van der Waals surface area contributed by atoms with Crippen molar-refractivity contribution < 1.29 is 55.2 Å². The van der Waals surface area contributed by atoms with Gasteiger partial charge in [0.25, 0.3) is 5.91 Å². The topological polar surface area (TPSA) is 192 Å². The lowest BCUT2D eigenvalue weighted by atomic mass is 9.88. The molecule has 3 heterocycles. The number of aromatic nitrogens is 1. The van der Waals surface area contributed by atoms with Crippen LogP contribution in [0.15, 0.2) is 54.6 Å². The monoisotopic (exact) mass is 883 g/mol. The molecule has 7 rings (SSSR count). The van der Waals surface area contributed by atoms with Gasteiger partial charge in [0.15, 0.2) is 11.6 Å². The number of allylic oxidation sites excluding steroid dienone is 1. The highest BCUT2D eigenvalue weighted by Gasteiger charge is 2.62. The molecule has 1 saturated heterocycles. The van der Waals surface area contributed by atoms with E-state index in [-0.39, 0.29) is 41.2 Å². The number of halogens is 1. The van der Waals surface area contributed by atoms with Crippen LogP contribution in [0, 0.1) is 23.6 Å². The van der Waals surface area contributed by atoms with E-state index in [2.05, 4.69) is 22.3 Å². The Bertz CT molecular complexity index is 2400. The number of nitrogens with one attached hydrogen (secondary N) is 3. The molecule has 1 aromatic heterocycles. The summed E-state index contributed by atoms with van der Waals surface area (Å²) >= 11 is 0. The van der Waals surface area contributed by atoms with Crippen molar-refractivity contribution >= 4 is 44.6 Å². The minimum absolute atomic E-state index is 0. The smallest absolute Gasteiger partial charge is 0.408 e. The summed E-state index contributed by atoms with van der Waals surface area (Å²) in [7, 11) is -1.04. The van der Waals surface area contributed by atoms with Crippen LogP contribution < -0.4 is 29.6 Å². The van der Waals surface area contributed by atoms with Crippen LogP contribution in [-0.4, -0.2) is 97.5 Å². The minimum Gasteiger partial charge on any atom is -0.497 e. The molecule has 4 amide bonds. The summed E-state index contributed by atoms with van der Waals surface area (Å²) in [6, 6.07) is 9.19. The van der Waals surface area contributed by atoms with Crippen LogP contribution in [0.5, 0.6) is 17.4 Å². The standard InChI is InChI=1S/C45H56FN5O10S.3H2/c1-25-10-8-9-11-29-23-45(29,42(54)50-62(56,57)32-14-15-32)49-39(52)36-22-31(24-51(36)41(53)38(26(2)18-25)48-43(55)61-44(3,4)5)60-40-33-16-13-30(58-6)19-28(33)21-35(47-40)27-12-17-37(59-7)34(46)20-27;;;/h9,11-13,16-17,19-21,25-26,29,31-32,36,38H,8,10,14-15,18,22-24H2,1-7H3,(H,48,55)(H,49,52)(H,50,54);3*1H/b11-9-;;;/t25-,26-,29-,31-,36+,38+,45-;;;/m1.../s1. The van der Waals surface area contributed by atoms with Gasteiger partial charge in [0.05, 0.1) is 31.7 Å². The summed E-state index contributed by atoms with van der Waals surface area (Å²) in [6.45, 7) is 8.96. The van der Waals surface area contributed by atoms with Crippen LogP contribution in [0.4, 0.5) is 9.18 Å². The SMILES string of the molecule is COc1ccc2c(O[C@@H]3C[C@H]4C(=O)N[C@]5(C(=O)NS(=O)(=O)C6CC6)C[C@H]5/C=C\CC[C@@H](C)C[C@@H](C)[C@H](NC(=O)OC(C)(C)C)C(=O)N4C3)nc(-c3ccc(OC)c(F)c3)cc2c1.[HH].[HH].[HH]. The van der Waals surface area contributed by atoms with Gasteiger partial charge in [0, 0.05) is 27.6 Å². The average molecular weight is 884 g/mol. The Hall–Kier alpha value is -5.45. The second kappa shape index (κ2) is 17.4. The van der Waals surface area contributed by atoms with E-state index in [0.29, 0.717) is 53.5 Å². The minimum atomic E-state index is -3.95. The molecule has 4 aliphatic rings. The Morgan fingerprint density at radius 1 is 1.02 bits per heavy atom. The number of rotatable bonds is 9. The molecule has 17 heteroatoms. The van der Waals surface area contributed by atoms with Gasteiger partial charge in [-0.15, -0.1) is 0 Å². The average Bonchev–Trinajstić information content (AvgIpc) is 4.14. The summed E-state index contributed by atoms with van der Waals surface area (Å²) in [5, 5.41) is 6.26. The fourth-order valence-electron chi connectivity index (χ4n) is 8.48. The van der Waals surface area contributed by atoms with Gasteiger partial charge in [-0.05, 0) is 119 Å². The van der Waals surface area contributed by atoms with Crippen LogP contribution in [0.2, 0.25) is 0 Å². The van der Waals surface area contributed by atoms with Gasteiger partial charge in [0.2, 0.25) is 27.7 Å². The molecule has 2 aliphatic heterocycles. The van der Waals surface area contributed by atoms with Gasteiger partial charge in [-0.3, -0.25) is 19.1 Å². The third-order valence-electron chi connectivity index (χ3n) is 12.0. The summed E-state index contributed by atoms with van der Waals surface area (Å²) in [5.74, 6) is -2.67. The molecule has 62 heavy (non-hydrogen) atoms. The molecule has 15 nitrogen and oxygen atoms in total. The van der Waals surface area contributed by atoms with E-state index in [1.165, 1.54) is 31.3 Å². The number of amides is 4. The van der Waals surface area contributed by atoms with Gasteiger partial charge in [0.1, 0.15) is 35.1 Å². The van der Waals surface area contributed by atoms with Gasteiger partial charge < -0.3 is 34.5 Å². The number of methoxy groups -OCH3 is 2. The van der Waals surface area contributed by atoms with Crippen molar-refractivity contribution in [1.29, 1.82) is 0 Å². The van der Waals surface area contributed by atoms with Crippen LogP contribution in [-0.2, 0) is 29.1 Å². The van der Waals surface area contributed by atoms with Crippen LogP contribution in [0.1, 0.15) is 83.8 Å². The fraction of sp³-hybridized carbons (Fsp3) is 0.533. The van der Waals surface area contributed by atoms with Gasteiger partial charge in [-0.1, -0.05) is 26.0 Å². The number of hydrogen-bond acceptors (Lipinski definition) is 11. The number of alkyl carbamates (subject to hydrolysis) is 1. The summed E-state index contributed by atoms with van der Waals surface area (Å²) < 4.78 is 66.0. The van der Waals surface area contributed by atoms with E-state index in [4.69, 9.17) is 23.9 Å². The first-order valence-corrected chi connectivity index (χ1v) is 22.7. The Labute approximate surface area is 366 Å².